The van der Waals surface area contributed by atoms with Crippen LogP contribution in [0.15, 0.2) is 24.8 Å². The van der Waals surface area contributed by atoms with E-state index in [1.54, 1.807) is 0 Å². The first-order valence-corrected chi connectivity index (χ1v) is 11.9. The SMILES string of the molecule is C=CC(=O)OC(C)OCC(=O)OC(C)C(=O)OC(C)C(=O)Oc1c(I)cc(I)cc1I. The van der Waals surface area contributed by atoms with Gasteiger partial charge in [-0.05, 0) is 101 Å². The summed E-state index contributed by atoms with van der Waals surface area (Å²) in [6.07, 6.45) is -2.59. The maximum Gasteiger partial charge on any atom is 0.352 e. The van der Waals surface area contributed by atoms with Gasteiger partial charge >= 0.3 is 23.9 Å². The third-order valence-electron chi connectivity index (χ3n) is 3.32. The number of esters is 4. The van der Waals surface area contributed by atoms with E-state index in [0.717, 1.165) is 16.8 Å². The molecule has 0 aliphatic carbocycles. The van der Waals surface area contributed by atoms with Gasteiger partial charge in [0.15, 0.2) is 18.0 Å². The average molecular weight is 772 g/mol. The van der Waals surface area contributed by atoms with Crippen molar-refractivity contribution in [2.45, 2.75) is 39.3 Å². The van der Waals surface area contributed by atoms with Crippen LogP contribution < -0.4 is 4.74 Å². The van der Waals surface area contributed by atoms with Gasteiger partial charge in [-0.1, -0.05) is 6.58 Å². The lowest BCUT2D eigenvalue weighted by atomic mass is 10.3. The van der Waals surface area contributed by atoms with Crippen LogP contribution in [0, 0.1) is 10.7 Å². The van der Waals surface area contributed by atoms with Crippen LogP contribution in [-0.4, -0.2) is 49.0 Å². The third-order valence-corrected chi connectivity index (χ3v) is 5.54. The van der Waals surface area contributed by atoms with Gasteiger partial charge < -0.3 is 23.7 Å². The second-order valence-corrected chi connectivity index (χ2v) is 9.42. The summed E-state index contributed by atoms with van der Waals surface area (Å²) in [6.45, 7) is 6.69. The van der Waals surface area contributed by atoms with Gasteiger partial charge in [0.05, 0.1) is 7.14 Å². The summed E-state index contributed by atoms with van der Waals surface area (Å²) in [4.78, 5) is 47.2. The van der Waals surface area contributed by atoms with Crippen LogP contribution >= 0.6 is 67.8 Å². The number of benzene rings is 1. The largest absolute Gasteiger partial charge is 0.449 e. The number of hydrogen-bond acceptors (Lipinski definition) is 9. The van der Waals surface area contributed by atoms with Gasteiger partial charge in [-0.3, -0.25) is 0 Å². The van der Waals surface area contributed by atoms with E-state index in [0.29, 0.717) is 5.75 Å². The zero-order valence-electron chi connectivity index (χ0n) is 16.7. The Kier molecular flexibility index (Phi) is 12.2. The zero-order valence-corrected chi connectivity index (χ0v) is 23.2. The molecule has 0 heterocycles. The minimum atomic E-state index is -1.30. The Morgan fingerprint density at radius 3 is 2.03 bits per heavy atom. The second kappa shape index (κ2) is 13.5. The molecule has 3 atom stereocenters. The van der Waals surface area contributed by atoms with Gasteiger partial charge in [0.2, 0.25) is 6.29 Å². The highest BCUT2D eigenvalue weighted by Crippen LogP contribution is 2.30. The van der Waals surface area contributed by atoms with Gasteiger partial charge in [0, 0.05) is 9.65 Å². The fourth-order valence-electron chi connectivity index (χ4n) is 1.84. The van der Waals surface area contributed by atoms with Crippen LogP contribution in [0.25, 0.3) is 0 Å². The number of rotatable bonds is 10. The van der Waals surface area contributed by atoms with Crippen molar-refractivity contribution >= 4 is 91.6 Å². The smallest absolute Gasteiger partial charge is 0.352 e. The van der Waals surface area contributed by atoms with E-state index in [1.807, 2.05) is 57.3 Å². The monoisotopic (exact) mass is 772 g/mol. The fourth-order valence-corrected chi connectivity index (χ4v) is 5.64. The molecule has 0 fully saturated rings. The van der Waals surface area contributed by atoms with Crippen LogP contribution in [-0.2, 0) is 38.1 Å². The first-order valence-electron chi connectivity index (χ1n) is 8.65. The van der Waals surface area contributed by atoms with Gasteiger partial charge in [-0.2, -0.15) is 0 Å². The molecular formula is C19H19I3O9. The van der Waals surface area contributed by atoms with Crippen LogP contribution in [0.3, 0.4) is 0 Å². The van der Waals surface area contributed by atoms with E-state index in [4.69, 9.17) is 23.7 Å². The van der Waals surface area contributed by atoms with Gasteiger partial charge in [-0.25, -0.2) is 19.2 Å². The molecule has 0 saturated heterocycles. The molecule has 0 spiro atoms. The predicted octanol–water partition coefficient (Wildman–Crippen LogP) is 3.36. The summed E-state index contributed by atoms with van der Waals surface area (Å²) in [6, 6.07) is 3.68. The molecule has 0 amide bonds. The Bertz CT molecular complexity index is 833. The standard InChI is InChI=1S/C19H19I3O9/c1-5-15(23)30-11(4)27-8-16(24)28-9(2)18(25)29-10(3)19(26)31-17-13(21)6-12(20)7-14(17)22/h5-7,9-11H,1,8H2,2-4H3. The molecular weight excluding hydrogens is 753 g/mol. The van der Waals surface area contributed by atoms with E-state index in [1.165, 1.54) is 20.8 Å². The molecule has 9 nitrogen and oxygen atoms in total. The first-order chi connectivity index (χ1) is 14.4. The number of hydrogen-bond donors (Lipinski definition) is 0. The Hall–Kier alpha value is -1.01. The predicted molar refractivity (Wildman–Crippen MR) is 133 cm³/mol. The fraction of sp³-hybridized carbons (Fsp3) is 0.368. The molecule has 0 saturated carbocycles. The van der Waals surface area contributed by atoms with E-state index >= 15 is 0 Å². The highest BCUT2D eigenvalue weighted by atomic mass is 127. The molecule has 12 heteroatoms. The lowest BCUT2D eigenvalue weighted by Gasteiger charge is -2.18. The maximum atomic E-state index is 12.3. The Balaban J connectivity index is 2.52. The Morgan fingerprint density at radius 1 is 0.935 bits per heavy atom. The summed E-state index contributed by atoms with van der Waals surface area (Å²) in [5.74, 6) is -2.93. The molecule has 1 rings (SSSR count). The highest BCUT2D eigenvalue weighted by molar-refractivity contribution is 14.1. The zero-order chi connectivity index (χ0) is 23.7. The molecule has 170 valence electrons. The van der Waals surface area contributed by atoms with Crippen molar-refractivity contribution in [2.75, 3.05) is 6.61 Å². The minimum Gasteiger partial charge on any atom is -0.449 e. The van der Waals surface area contributed by atoms with Gasteiger partial charge in [0.1, 0.15) is 6.61 Å². The summed E-state index contributed by atoms with van der Waals surface area (Å²) >= 11 is 6.23. The summed E-state index contributed by atoms with van der Waals surface area (Å²) in [5.41, 5.74) is 0. The lowest BCUT2D eigenvalue weighted by Crippen LogP contribution is -2.35. The van der Waals surface area contributed by atoms with Crippen molar-refractivity contribution in [1.82, 2.24) is 0 Å². The molecule has 0 aromatic heterocycles. The third kappa shape index (κ3) is 9.98. The van der Waals surface area contributed by atoms with Crippen molar-refractivity contribution in [1.29, 1.82) is 0 Å². The Labute approximate surface area is 219 Å². The van der Waals surface area contributed by atoms with Crippen molar-refractivity contribution in [3.05, 3.63) is 35.5 Å². The van der Waals surface area contributed by atoms with Crippen molar-refractivity contribution in [3.8, 4) is 5.75 Å². The van der Waals surface area contributed by atoms with E-state index in [9.17, 15) is 19.2 Å². The number of carbonyl (C=O) groups is 4. The maximum absolute atomic E-state index is 12.3. The lowest BCUT2D eigenvalue weighted by molar-refractivity contribution is -0.185. The van der Waals surface area contributed by atoms with E-state index in [-0.39, 0.29) is 0 Å². The van der Waals surface area contributed by atoms with Crippen LogP contribution in [0.1, 0.15) is 20.8 Å². The summed E-state index contributed by atoms with van der Waals surface area (Å²) in [5, 5.41) is 0. The minimum absolute atomic E-state index is 0.373. The first kappa shape index (κ1) is 28.0. The second-order valence-electron chi connectivity index (χ2n) is 5.85. The Morgan fingerprint density at radius 2 is 1.48 bits per heavy atom. The molecule has 0 aliphatic heterocycles. The molecule has 0 bridgehead atoms. The quantitative estimate of drug-likeness (QED) is 0.0883. The molecule has 31 heavy (non-hydrogen) atoms. The molecule has 1 aromatic rings. The number of ether oxygens (including phenoxy) is 5. The molecule has 1 aromatic carbocycles. The van der Waals surface area contributed by atoms with Crippen LogP contribution in [0.2, 0.25) is 0 Å². The topological polar surface area (TPSA) is 114 Å². The van der Waals surface area contributed by atoms with Crippen molar-refractivity contribution in [3.63, 3.8) is 0 Å². The molecule has 0 N–H and O–H groups in total. The number of halogens is 3. The van der Waals surface area contributed by atoms with E-state index in [2.05, 4.69) is 29.2 Å². The van der Waals surface area contributed by atoms with E-state index < -0.39 is 49.0 Å². The van der Waals surface area contributed by atoms with Crippen LogP contribution in [0.5, 0.6) is 5.75 Å². The molecule has 0 radical (unpaired) electrons. The van der Waals surface area contributed by atoms with Gasteiger partial charge in [-0.15, -0.1) is 0 Å². The van der Waals surface area contributed by atoms with Gasteiger partial charge in [0.25, 0.3) is 0 Å². The van der Waals surface area contributed by atoms with Crippen LogP contribution in [0.4, 0.5) is 0 Å². The van der Waals surface area contributed by atoms with Crippen molar-refractivity contribution in [2.24, 2.45) is 0 Å². The summed E-state index contributed by atoms with van der Waals surface area (Å²) < 4.78 is 27.4. The molecule has 0 aliphatic rings. The normalized spacial score (nSPS) is 13.4. The average Bonchev–Trinajstić information content (AvgIpc) is 2.68. The molecule has 3 unspecified atom stereocenters. The van der Waals surface area contributed by atoms with Crippen molar-refractivity contribution < 1.29 is 42.9 Å². The number of carbonyl (C=O) groups excluding carboxylic acids is 4. The summed E-state index contributed by atoms with van der Waals surface area (Å²) in [7, 11) is 0. The highest BCUT2D eigenvalue weighted by Gasteiger charge is 2.27.